The molecule has 0 atom stereocenters. The second-order valence-corrected chi connectivity index (χ2v) is 18.4. The molecule has 0 amide bonds. The average molecular weight is 813 g/mol. The zero-order chi connectivity index (χ0) is 41.3. The van der Waals surface area contributed by atoms with Gasteiger partial charge in [0.1, 0.15) is 0 Å². The summed E-state index contributed by atoms with van der Waals surface area (Å²) in [5.41, 5.74) is 8.34. The van der Waals surface area contributed by atoms with Gasteiger partial charge >= 0.3 is 0 Å². The number of benzene rings is 9. The molecule has 5 heteroatoms. The number of hydrogen-bond donors (Lipinski definition) is 0. The van der Waals surface area contributed by atoms with Gasteiger partial charge in [-0.25, -0.2) is 15.0 Å². The van der Waals surface area contributed by atoms with Crippen molar-refractivity contribution in [2.75, 3.05) is 0 Å². The Morgan fingerprint density at radius 3 is 1.19 bits per heavy atom. The SMILES string of the molecule is c1ccc(-c2nc(-c3cccc(-c4ccc(S(c5ccccc5)(c5ccccc5)c5ccccc5)cc4)c3)nc(-c3cccc(-n4c5ccccc5c5ccccc54)c3)n2)cc1. The summed E-state index contributed by atoms with van der Waals surface area (Å²) in [6.07, 6.45) is 0. The Labute approximate surface area is 362 Å². The molecule has 0 bridgehead atoms. The Bertz CT molecular complexity index is 3180. The predicted octanol–water partition coefficient (Wildman–Crippen LogP) is 15.0. The molecule has 0 saturated heterocycles. The molecule has 0 aliphatic rings. The van der Waals surface area contributed by atoms with Crippen LogP contribution >= 0.6 is 10.0 Å². The fourth-order valence-electron chi connectivity index (χ4n) is 8.71. The molecule has 0 spiro atoms. The molecule has 294 valence electrons. The number of para-hydroxylation sites is 2. The Kier molecular flexibility index (Phi) is 9.57. The molecule has 0 aliphatic carbocycles. The molecule has 2 aromatic heterocycles. The summed E-state index contributed by atoms with van der Waals surface area (Å²) in [7, 11) is -1.79. The molecular formula is C57H40N4S. The third-order valence-electron chi connectivity index (χ3n) is 11.6. The lowest BCUT2D eigenvalue weighted by atomic mass is 10.0. The van der Waals surface area contributed by atoms with Gasteiger partial charge in [-0.05, 0) is 90.0 Å². The van der Waals surface area contributed by atoms with Crippen LogP contribution in [0.1, 0.15) is 0 Å². The van der Waals surface area contributed by atoms with Crippen LogP contribution in [-0.2, 0) is 0 Å². The Morgan fingerprint density at radius 2 is 0.661 bits per heavy atom. The van der Waals surface area contributed by atoms with Crippen molar-refractivity contribution in [1.29, 1.82) is 0 Å². The maximum absolute atomic E-state index is 5.20. The minimum atomic E-state index is -1.79. The first-order valence-corrected chi connectivity index (χ1v) is 22.5. The second-order valence-electron chi connectivity index (χ2n) is 15.2. The molecule has 2 heterocycles. The number of fused-ring (bicyclic) bond motifs is 3. The van der Waals surface area contributed by atoms with Gasteiger partial charge in [0.05, 0.1) is 11.0 Å². The predicted molar refractivity (Wildman–Crippen MR) is 256 cm³/mol. The van der Waals surface area contributed by atoms with Crippen molar-refractivity contribution >= 4 is 31.8 Å². The van der Waals surface area contributed by atoms with Gasteiger partial charge in [-0.3, -0.25) is 0 Å². The summed E-state index contributed by atoms with van der Waals surface area (Å²) in [5.74, 6) is 1.87. The molecule has 0 saturated carbocycles. The van der Waals surface area contributed by atoms with Crippen LogP contribution in [0.5, 0.6) is 0 Å². The van der Waals surface area contributed by atoms with Crippen molar-refractivity contribution in [3.63, 3.8) is 0 Å². The van der Waals surface area contributed by atoms with Crippen molar-refractivity contribution in [1.82, 2.24) is 19.5 Å². The fraction of sp³-hybridized carbons (Fsp3) is 0. The normalized spacial score (nSPS) is 11.8. The molecule has 11 rings (SSSR count). The quantitative estimate of drug-likeness (QED) is 0.146. The number of hydrogen-bond acceptors (Lipinski definition) is 3. The minimum Gasteiger partial charge on any atom is -0.309 e. The maximum Gasteiger partial charge on any atom is 0.164 e. The smallest absolute Gasteiger partial charge is 0.164 e. The molecule has 0 fully saturated rings. The molecule has 4 nitrogen and oxygen atoms in total. The van der Waals surface area contributed by atoms with E-state index in [2.05, 4.69) is 229 Å². The largest absolute Gasteiger partial charge is 0.309 e. The van der Waals surface area contributed by atoms with E-state index in [1.165, 1.54) is 30.4 Å². The Hall–Kier alpha value is -7.86. The van der Waals surface area contributed by atoms with Gasteiger partial charge in [0.15, 0.2) is 17.5 Å². The summed E-state index contributed by atoms with van der Waals surface area (Å²) in [6, 6.07) is 86.5. The van der Waals surface area contributed by atoms with Gasteiger partial charge in [-0.2, -0.15) is 0 Å². The van der Waals surface area contributed by atoms with E-state index in [-0.39, 0.29) is 0 Å². The van der Waals surface area contributed by atoms with E-state index < -0.39 is 10.0 Å². The standard InChI is InChI=1S/C57H40N4S/c1-5-19-42(20-6-1)55-58-56(60-57(59-55)45-23-18-24-46(40-45)61-53-33-15-13-31-51(53)52-32-14-16-34-54(52)61)44-22-17-21-43(39-44)41-35-37-50(38-36-41)62(47-25-7-2-8-26-47,48-27-9-3-10-28-48)49-29-11-4-12-30-49/h1-40H. The zero-order valence-corrected chi connectivity index (χ0v) is 34.6. The summed E-state index contributed by atoms with van der Waals surface area (Å²) < 4.78 is 2.33. The van der Waals surface area contributed by atoms with E-state index in [4.69, 9.17) is 15.0 Å². The molecule has 62 heavy (non-hydrogen) atoms. The van der Waals surface area contributed by atoms with E-state index in [0.717, 1.165) is 44.5 Å². The van der Waals surface area contributed by atoms with Crippen molar-refractivity contribution in [3.8, 4) is 51.0 Å². The van der Waals surface area contributed by atoms with Crippen LogP contribution in [0.25, 0.3) is 72.8 Å². The average Bonchev–Trinajstić information content (AvgIpc) is 3.70. The summed E-state index contributed by atoms with van der Waals surface area (Å²) in [5, 5.41) is 2.45. The number of rotatable bonds is 9. The molecule has 9 aromatic carbocycles. The van der Waals surface area contributed by atoms with Crippen molar-refractivity contribution in [2.24, 2.45) is 0 Å². The van der Waals surface area contributed by atoms with E-state index in [9.17, 15) is 0 Å². The second kappa shape index (κ2) is 16.0. The summed E-state index contributed by atoms with van der Waals surface area (Å²) in [4.78, 5) is 20.6. The third-order valence-corrected chi connectivity index (χ3v) is 15.5. The number of aromatic nitrogens is 4. The summed E-state index contributed by atoms with van der Waals surface area (Å²) >= 11 is 0. The van der Waals surface area contributed by atoms with E-state index >= 15 is 0 Å². The van der Waals surface area contributed by atoms with Crippen LogP contribution in [0.3, 0.4) is 0 Å². The monoisotopic (exact) mass is 812 g/mol. The molecule has 0 N–H and O–H groups in total. The van der Waals surface area contributed by atoms with Crippen molar-refractivity contribution < 1.29 is 0 Å². The highest BCUT2D eigenvalue weighted by molar-refractivity contribution is 8.34. The van der Waals surface area contributed by atoms with E-state index in [1.54, 1.807) is 0 Å². The minimum absolute atomic E-state index is 0.619. The van der Waals surface area contributed by atoms with Crippen molar-refractivity contribution in [2.45, 2.75) is 19.6 Å². The van der Waals surface area contributed by atoms with Gasteiger partial charge < -0.3 is 4.57 Å². The van der Waals surface area contributed by atoms with Crippen molar-refractivity contribution in [3.05, 3.63) is 243 Å². The van der Waals surface area contributed by atoms with Crippen LogP contribution < -0.4 is 0 Å². The molecular weight excluding hydrogens is 773 g/mol. The van der Waals surface area contributed by atoms with Gasteiger partial charge in [0, 0.05) is 52.7 Å². The lowest BCUT2D eigenvalue weighted by molar-refractivity contribution is 1.07. The topological polar surface area (TPSA) is 43.6 Å². The van der Waals surface area contributed by atoms with Crippen LogP contribution in [0.4, 0.5) is 0 Å². The van der Waals surface area contributed by atoms with Gasteiger partial charge in [0.2, 0.25) is 0 Å². The van der Waals surface area contributed by atoms with Crippen LogP contribution in [0.2, 0.25) is 0 Å². The number of nitrogens with zero attached hydrogens (tertiary/aromatic N) is 4. The van der Waals surface area contributed by atoms with Crippen LogP contribution in [0, 0.1) is 0 Å². The zero-order valence-electron chi connectivity index (χ0n) is 33.8. The lowest BCUT2D eigenvalue weighted by Gasteiger charge is -2.42. The molecule has 0 aliphatic heterocycles. The molecule has 11 aromatic rings. The Morgan fingerprint density at radius 1 is 0.274 bits per heavy atom. The van der Waals surface area contributed by atoms with E-state index in [1.807, 2.05) is 18.2 Å². The third kappa shape index (κ3) is 6.56. The molecule has 0 unspecified atom stereocenters. The van der Waals surface area contributed by atoms with Gasteiger partial charge in [-0.1, -0.05) is 164 Å². The first-order chi connectivity index (χ1) is 30.7. The van der Waals surface area contributed by atoms with Crippen LogP contribution in [-0.4, -0.2) is 19.5 Å². The Balaban J connectivity index is 1.01. The maximum atomic E-state index is 5.20. The highest BCUT2D eigenvalue weighted by atomic mass is 32.3. The summed E-state index contributed by atoms with van der Waals surface area (Å²) in [6.45, 7) is 0. The highest BCUT2D eigenvalue weighted by Gasteiger charge is 2.33. The first-order valence-electron chi connectivity index (χ1n) is 20.8. The first kappa shape index (κ1) is 37.2. The highest BCUT2D eigenvalue weighted by Crippen LogP contribution is 2.73. The van der Waals surface area contributed by atoms with E-state index in [0.29, 0.717) is 17.5 Å². The van der Waals surface area contributed by atoms with Gasteiger partial charge in [0.25, 0.3) is 0 Å². The van der Waals surface area contributed by atoms with Crippen LogP contribution in [0.15, 0.2) is 262 Å². The van der Waals surface area contributed by atoms with Gasteiger partial charge in [-0.15, -0.1) is 10.0 Å². The lowest BCUT2D eigenvalue weighted by Crippen LogP contribution is -2.05. The fourth-order valence-corrected chi connectivity index (χ4v) is 12.6. The molecule has 0 radical (unpaired) electrons.